The van der Waals surface area contributed by atoms with Gasteiger partial charge in [0, 0.05) is 30.4 Å². The summed E-state index contributed by atoms with van der Waals surface area (Å²) < 4.78 is 2.34. The van der Waals surface area contributed by atoms with Crippen molar-refractivity contribution in [2.75, 3.05) is 6.54 Å². The van der Waals surface area contributed by atoms with E-state index in [1.807, 2.05) is 12.5 Å². The molecule has 2 aliphatic rings. The Kier molecular flexibility index (Phi) is 2.49. The molecule has 0 saturated heterocycles. The first-order valence-corrected chi connectivity index (χ1v) is 6.17. The van der Waals surface area contributed by atoms with E-state index in [-0.39, 0.29) is 0 Å². The summed E-state index contributed by atoms with van der Waals surface area (Å²) in [5.74, 6) is 0.823. The first-order valence-electron chi connectivity index (χ1n) is 6.17. The highest BCUT2D eigenvalue weighted by molar-refractivity contribution is 5.12. The molecule has 0 aliphatic heterocycles. The van der Waals surface area contributed by atoms with Gasteiger partial charge in [0.15, 0.2) is 0 Å². The van der Waals surface area contributed by atoms with Crippen molar-refractivity contribution in [3.05, 3.63) is 18.2 Å². The Balaban J connectivity index is 1.45. The Hall–Kier alpha value is -0.830. The van der Waals surface area contributed by atoms with E-state index in [0.29, 0.717) is 0 Å². The molecule has 2 saturated carbocycles. The van der Waals surface area contributed by atoms with Gasteiger partial charge in [-0.2, -0.15) is 0 Å². The number of rotatable bonds is 6. The molecule has 1 aromatic rings. The van der Waals surface area contributed by atoms with Gasteiger partial charge in [0.05, 0.1) is 6.33 Å². The van der Waals surface area contributed by atoms with E-state index >= 15 is 0 Å². The van der Waals surface area contributed by atoms with Crippen LogP contribution in [0.2, 0.25) is 0 Å². The van der Waals surface area contributed by atoms with Crippen molar-refractivity contribution in [1.29, 1.82) is 0 Å². The van der Waals surface area contributed by atoms with Crippen LogP contribution in [0.5, 0.6) is 0 Å². The zero-order valence-corrected chi connectivity index (χ0v) is 9.15. The van der Waals surface area contributed by atoms with Crippen LogP contribution in [0.4, 0.5) is 0 Å². The highest BCUT2D eigenvalue weighted by Crippen LogP contribution is 2.39. The minimum atomic E-state index is 0.823. The van der Waals surface area contributed by atoms with Gasteiger partial charge in [-0.1, -0.05) is 0 Å². The van der Waals surface area contributed by atoms with Crippen LogP contribution in [0.15, 0.2) is 12.5 Å². The molecule has 1 N–H and O–H groups in total. The summed E-state index contributed by atoms with van der Waals surface area (Å²) in [6.45, 7) is 2.29. The third-order valence-electron chi connectivity index (χ3n) is 3.33. The highest BCUT2D eigenvalue weighted by atomic mass is 15.1. The number of aryl methyl sites for hydroxylation is 1. The number of hydrogen-bond donors (Lipinski definition) is 1. The van der Waals surface area contributed by atoms with E-state index in [2.05, 4.69) is 14.9 Å². The first kappa shape index (κ1) is 9.40. The maximum atomic E-state index is 4.25. The van der Waals surface area contributed by atoms with Crippen LogP contribution in [0.3, 0.4) is 0 Å². The fraction of sp³-hybridized carbons (Fsp3) is 0.750. The van der Waals surface area contributed by atoms with Crippen molar-refractivity contribution >= 4 is 0 Å². The van der Waals surface area contributed by atoms with E-state index in [4.69, 9.17) is 0 Å². The minimum Gasteiger partial charge on any atom is -0.334 e. The molecule has 0 amide bonds. The Morgan fingerprint density at radius 3 is 2.93 bits per heavy atom. The van der Waals surface area contributed by atoms with Gasteiger partial charge in [-0.25, -0.2) is 4.98 Å². The van der Waals surface area contributed by atoms with Crippen molar-refractivity contribution in [3.63, 3.8) is 0 Å². The lowest BCUT2D eigenvalue weighted by Gasteiger charge is -2.07. The Morgan fingerprint density at radius 2 is 2.20 bits per heavy atom. The summed E-state index contributed by atoms with van der Waals surface area (Å²) in [6.07, 6.45) is 10.8. The Labute approximate surface area is 90.9 Å². The second-order valence-electron chi connectivity index (χ2n) is 4.87. The minimum absolute atomic E-state index is 0.823. The largest absolute Gasteiger partial charge is 0.334 e. The standard InChI is InChI=1S/C12H19N3/c1(6-14-11-4-5-11)7-15-9-13-8-12(15)10-2-3-10/h8-11,14H,1-7H2. The van der Waals surface area contributed by atoms with Crippen LogP contribution in [-0.4, -0.2) is 22.1 Å². The second kappa shape index (κ2) is 3.97. The number of nitrogens with one attached hydrogen (secondary N) is 1. The van der Waals surface area contributed by atoms with Crippen molar-refractivity contribution in [3.8, 4) is 0 Å². The molecule has 0 unspecified atom stereocenters. The molecule has 2 fully saturated rings. The molecule has 0 spiro atoms. The third kappa shape index (κ3) is 2.40. The van der Waals surface area contributed by atoms with E-state index in [1.165, 1.54) is 37.8 Å². The number of nitrogens with zero attached hydrogens (tertiary/aromatic N) is 2. The molecule has 15 heavy (non-hydrogen) atoms. The monoisotopic (exact) mass is 205 g/mol. The van der Waals surface area contributed by atoms with Crippen molar-refractivity contribution in [2.45, 2.75) is 50.6 Å². The highest BCUT2D eigenvalue weighted by Gasteiger charge is 2.26. The summed E-state index contributed by atoms with van der Waals surface area (Å²) in [5, 5.41) is 3.55. The molecule has 0 atom stereocenters. The summed E-state index contributed by atoms with van der Waals surface area (Å²) in [5.41, 5.74) is 1.46. The van der Waals surface area contributed by atoms with Crippen LogP contribution < -0.4 is 5.32 Å². The van der Waals surface area contributed by atoms with Gasteiger partial charge in [-0.05, 0) is 38.6 Å². The lowest BCUT2D eigenvalue weighted by atomic mass is 10.3. The molecule has 3 heteroatoms. The smallest absolute Gasteiger partial charge is 0.0948 e. The molecule has 1 heterocycles. The number of aromatic nitrogens is 2. The Morgan fingerprint density at radius 1 is 1.33 bits per heavy atom. The molecular formula is C12H19N3. The maximum Gasteiger partial charge on any atom is 0.0948 e. The van der Waals surface area contributed by atoms with Gasteiger partial charge >= 0.3 is 0 Å². The van der Waals surface area contributed by atoms with Gasteiger partial charge in [0.1, 0.15) is 0 Å². The van der Waals surface area contributed by atoms with E-state index in [1.54, 1.807) is 0 Å². The van der Waals surface area contributed by atoms with Gasteiger partial charge in [0.2, 0.25) is 0 Å². The SMILES string of the molecule is c1ncn(CCCNC2CC2)c1C1CC1. The maximum absolute atomic E-state index is 4.25. The second-order valence-corrected chi connectivity index (χ2v) is 4.87. The quantitative estimate of drug-likeness (QED) is 0.719. The molecule has 0 bridgehead atoms. The van der Waals surface area contributed by atoms with E-state index < -0.39 is 0 Å². The topological polar surface area (TPSA) is 29.9 Å². The normalized spacial score (nSPS) is 20.8. The van der Waals surface area contributed by atoms with Crippen LogP contribution in [-0.2, 0) is 6.54 Å². The zero-order valence-electron chi connectivity index (χ0n) is 9.15. The van der Waals surface area contributed by atoms with Gasteiger partial charge < -0.3 is 9.88 Å². The summed E-state index contributed by atoms with van der Waals surface area (Å²) in [7, 11) is 0. The first-order chi connectivity index (χ1) is 7.43. The van der Waals surface area contributed by atoms with Gasteiger partial charge in [-0.3, -0.25) is 0 Å². The average Bonchev–Trinajstić information content (AvgIpc) is 3.15. The van der Waals surface area contributed by atoms with Crippen molar-refractivity contribution in [1.82, 2.24) is 14.9 Å². The van der Waals surface area contributed by atoms with Gasteiger partial charge in [0.25, 0.3) is 0 Å². The molecule has 2 aliphatic carbocycles. The number of hydrogen-bond acceptors (Lipinski definition) is 2. The molecule has 82 valence electrons. The molecular weight excluding hydrogens is 186 g/mol. The fourth-order valence-electron chi connectivity index (χ4n) is 2.08. The summed E-state index contributed by atoms with van der Waals surface area (Å²) >= 11 is 0. The van der Waals surface area contributed by atoms with Crippen LogP contribution in [0, 0.1) is 0 Å². The summed E-state index contributed by atoms with van der Waals surface area (Å²) in [4.78, 5) is 4.25. The van der Waals surface area contributed by atoms with Crippen molar-refractivity contribution in [2.24, 2.45) is 0 Å². The fourth-order valence-corrected chi connectivity index (χ4v) is 2.08. The molecule has 3 nitrogen and oxygen atoms in total. The number of imidazole rings is 1. The van der Waals surface area contributed by atoms with Crippen LogP contribution in [0.25, 0.3) is 0 Å². The van der Waals surface area contributed by atoms with E-state index in [0.717, 1.165) is 25.0 Å². The molecule has 0 aromatic carbocycles. The van der Waals surface area contributed by atoms with Gasteiger partial charge in [-0.15, -0.1) is 0 Å². The molecule has 3 rings (SSSR count). The molecule has 1 aromatic heterocycles. The van der Waals surface area contributed by atoms with Crippen LogP contribution >= 0.6 is 0 Å². The predicted octanol–water partition coefficient (Wildman–Crippen LogP) is 1.90. The third-order valence-corrected chi connectivity index (χ3v) is 3.33. The average molecular weight is 205 g/mol. The lowest BCUT2D eigenvalue weighted by Crippen LogP contribution is -2.19. The summed E-state index contributed by atoms with van der Waals surface area (Å²) in [6, 6.07) is 0.843. The lowest BCUT2D eigenvalue weighted by molar-refractivity contribution is 0.567. The van der Waals surface area contributed by atoms with Crippen molar-refractivity contribution < 1.29 is 0 Å². The predicted molar refractivity (Wildman–Crippen MR) is 59.8 cm³/mol. The molecule has 0 radical (unpaired) electrons. The van der Waals surface area contributed by atoms with Crippen LogP contribution in [0.1, 0.15) is 43.7 Å². The van der Waals surface area contributed by atoms with E-state index in [9.17, 15) is 0 Å². The zero-order chi connectivity index (χ0) is 10.1. The Bertz CT molecular complexity index is 323.